The van der Waals surface area contributed by atoms with Crippen molar-refractivity contribution in [2.45, 2.75) is 60.4 Å². The summed E-state index contributed by atoms with van der Waals surface area (Å²) in [5.74, 6) is 1.07. The van der Waals surface area contributed by atoms with Gasteiger partial charge in [0.2, 0.25) is 0 Å². The Labute approximate surface area is 157 Å². The van der Waals surface area contributed by atoms with Gasteiger partial charge in [-0.3, -0.25) is 4.40 Å². The summed E-state index contributed by atoms with van der Waals surface area (Å²) in [4.78, 5) is 4.99. The molecular weight excluding hydrogens is 318 g/mol. The lowest BCUT2D eigenvalue weighted by atomic mass is 9.82. The molecule has 0 fully saturated rings. The van der Waals surface area contributed by atoms with E-state index in [-0.39, 0.29) is 11.0 Å². The molecule has 0 radical (unpaired) electrons. The van der Waals surface area contributed by atoms with Crippen molar-refractivity contribution in [1.82, 2.24) is 9.38 Å². The molecule has 2 heterocycles. The number of pyridine rings is 1. The van der Waals surface area contributed by atoms with Crippen LogP contribution in [-0.4, -0.2) is 14.9 Å². The maximum Gasteiger partial charge on any atom is 0.142 e. The normalized spacial score (nSPS) is 12.6. The van der Waals surface area contributed by atoms with Crippen LogP contribution >= 0.6 is 0 Å². The van der Waals surface area contributed by atoms with Crippen molar-refractivity contribution in [3.8, 4) is 11.3 Å². The van der Waals surface area contributed by atoms with Gasteiger partial charge in [-0.15, -0.1) is 0 Å². The first kappa shape index (κ1) is 18.5. The molecule has 0 bridgehead atoms. The van der Waals surface area contributed by atoms with Gasteiger partial charge in [-0.25, -0.2) is 4.98 Å². The van der Waals surface area contributed by atoms with Gasteiger partial charge < -0.3 is 5.32 Å². The Bertz CT molecular complexity index is 909. The van der Waals surface area contributed by atoms with E-state index < -0.39 is 0 Å². The SMILES string of the molecule is Cc1ccc(-c2nc3c(C)cccn3c2NC(C)(C)CC(C)(C)C)cc1. The Kier molecular flexibility index (Phi) is 4.60. The van der Waals surface area contributed by atoms with E-state index in [0.717, 1.165) is 29.1 Å². The number of anilines is 1. The number of benzene rings is 1. The van der Waals surface area contributed by atoms with Crippen molar-refractivity contribution in [2.75, 3.05) is 5.32 Å². The minimum Gasteiger partial charge on any atom is -0.364 e. The third-order valence-electron chi connectivity index (χ3n) is 4.60. The summed E-state index contributed by atoms with van der Waals surface area (Å²) in [6, 6.07) is 12.8. The average Bonchev–Trinajstić information content (AvgIpc) is 2.85. The first-order valence-corrected chi connectivity index (χ1v) is 9.39. The number of nitrogens with zero attached hydrogens (tertiary/aromatic N) is 2. The van der Waals surface area contributed by atoms with Gasteiger partial charge in [0.25, 0.3) is 0 Å². The molecule has 0 spiro atoms. The molecule has 3 heteroatoms. The number of hydrogen-bond acceptors (Lipinski definition) is 2. The molecule has 0 atom stereocenters. The molecule has 0 aliphatic heterocycles. The molecule has 138 valence electrons. The highest BCUT2D eigenvalue weighted by molar-refractivity contribution is 5.78. The summed E-state index contributed by atoms with van der Waals surface area (Å²) in [6.07, 6.45) is 3.16. The van der Waals surface area contributed by atoms with Gasteiger partial charge in [-0.1, -0.05) is 56.7 Å². The van der Waals surface area contributed by atoms with E-state index >= 15 is 0 Å². The lowest BCUT2D eigenvalue weighted by Crippen LogP contribution is -2.36. The first-order chi connectivity index (χ1) is 12.1. The molecule has 1 aromatic carbocycles. The summed E-state index contributed by atoms with van der Waals surface area (Å²) in [5.41, 5.74) is 5.82. The van der Waals surface area contributed by atoms with E-state index in [1.807, 2.05) is 0 Å². The fraction of sp³-hybridized carbons (Fsp3) is 0.435. The van der Waals surface area contributed by atoms with Crippen LogP contribution in [-0.2, 0) is 0 Å². The van der Waals surface area contributed by atoms with E-state index in [4.69, 9.17) is 4.98 Å². The van der Waals surface area contributed by atoms with Crippen LogP contribution in [0.15, 0.2) is 42.6 Å². The fourth-order valence-corrected chi connectivity index (χ4v) is 3.93. The van der Waals surface area contributed by atoms with E-state index in [9.17, 15) is 0 Å². The Balaban J connectivity index is 2.14. The molecule has 0 aliphatic carbocycles. The van der Waals surface area contributed by atoms with E-state index in [1.54, 1.807) is 0 Å². The van der Waals surface area contributed by atoms with Gasteiger partial charge in [0.05, 0.1) is 0 Å². The number of aryl methyl sites for hydroxylation is 2. The molecule has 0 saturated heterocycles. The topological polar surface area (TPSA) is 29.3 Å². The summed E-state index contributed by atoms with van der Waals surface area (Å²) in [6.45, 7) is 15.6. The fourth-order valence-electron chi connectivity index (χ4n) is 3.93. The maximum atomic E-state index is 4.99. The molecule has 3 nitrogen and oxygen atoms in total. The predicted molar refractivity (Wildman–Crippen MR) is 112 cm³/mol. The lowest BCUT2D eigenvalue weighted by molar-refractivity contribution is 0.302. The highest BCUT2D eigenvalue weighted by Crippen LogP contribution is 2.35. The first-order valence-electron chi connectivity index (χ1n) is 9.39. The molecule has 0 unspecified atom stereocenters. The van der Waals surface area contributed by atoms with Crippen LogP contribution in [0.1, 0.15) is 52.2 Å². The number of aromatic nitrogens is 2. The number of hydrogen-bond donors (Lipinski definition) is 1. The van der Waals surface area contributed by atoms with Crippen LogP contribution in [0, 0.1) is 19.3 Å². The monoisotopic (exact) mass is 349 g/mol. The second-order valence-electron chi connectivity index (χ2n) is 9.31. The minimum atomic E-state index is -0.0442. The largest absolute Gasteiger partial charge is 0.364 e. The van der Waals surface area contributed by atoms with Crippen LogP contribution in [0.4, 0.5) is 5.82 Å². The van der Waals surface area contributed by atoms with Gasteiger partial charge in [-0.2, -0.15) is 0 Å². The van der Waals surface area contributed by atoms with Crippen LogP contribution < -0.4 is 5.32 Å². The summed E-state index contributed by atoms with van der Waals surface area (Å²) < 4.78 is 2.19. The number of rotatable bonds is 4. The van der Waals surface area contributed by atoms with Gasteiger partial charge in [0, 0.05) is 17.3 Å². The van der Waals surface area contributed by atoms with Crippen molar-refractivity contribution in [3.05, 3.63) is 53.7 Å². The highest BCUT2D eigenvalue weighted by Gasteiger charge is 2.28. The van der Waals surface area contributed by atoms with Gasteiger partial charge in [-0.05, 0) is 51.2 Å². The molecule has 2 aromatic heterocycles. The molecule has 26 heavy (non-hydrogen) atoms. The maximum absolute atomic E-state index is 4.99. The van der Waals surface area contributed by atoms with Gasteiger partial charge >= 0.3 is 0 Å². The van der Waals surface area contributed by atoms with E-state index in [2.05, 4.69) is 101 Å². The van der Waals surface area contributed by atoms with Crippen LogP contribution in [0.5, 0.6) is 0 Å². The van der Waals surface area contributed by atoms with Gasteiger partial charge in [0.15, 0.2) is 0 Å². The summed E-state index contributed by atoms with van der Waals surface area (Å²) >= 11 is 0. The molecule has 1 N–H and O–H groups in total. The van der Waals surface area contributed by atoms with Crippen molar-refractivity contribution in [2.24, 2.45) is 5.41 Å². The third kappa shape index (κ3) is 3.92. The number of fused-ring (bicyclic) bond motifs is 1. The molecule has 3 rings (SSSR count). The summed E-state index contributed by atoms with van der Waals surface area (Å²) in [7, 11) is 0. The molecule has 0 saturated carbocycles. The summed E-state index contributed by atoms with van der Waals surface area (Å²) in [5, 5.41) is 3.81. The van der Waals surface area contributed by atoms with E-state index in [1.165, 1.54) is 11.1 Å². The standard InChI is InChI=1S/C23H31N3/c1-16-10-12-18(13-11-16)19-21(25-23(6,7)15-22(3,4)5)26-14-8-9-17(2)20(26)24-19/h8-14,25H,15H2,1-7H3. The van der Waals surface area contributed by atoms with Crippen molar-refractivity contribution in [3.63, 3.8) is 0 Å². The van der Waals surface area contributed by atoms with Crippen LogP contribution in [0.3, 0.4) is 0 Å². The zero-order valence-corrected chi connectivity index (χ0v) is 17.1. The molecule has 0 amide bonds. The van der Waals surface area contributed by atoms with Gasteiger partial charge in [0.1, 0.15) is 17.2 Å². The second kappa shape index (κ2) is 6.46. The Hall–Kier alpha value is -2.29. The molecule has 0 aliphatic rings. The smallest absolute Gasteiger partial charge is 0.142 e. The van der Waals surface area contributed by atoms with Crippen molar-refractivity contribution < 1.29 is 0 Å². The van der Waals surface area contributed by atoms with Crippen LogP contribution in [0.25, 0.3) is 16.9 Å². The minimum absolute atomic E-state index is 0.0442. The second-order valence-corrected chi connectivity index (χ2v) is 9.31. The zero-order chi connectivity index (χ0) is 19.1. The van der Waals surface area contributed by atoms with Crippen molar-refractivity contribution in [1.29, 1.82) is 0 Å². The lowest BCUT2D eigenvalue weighted by Gasteiger charge is -2.34. The third-order valence-corrected chi connectivity index (χ3v) is 4.60. The average molecular weight is 350 g/mol. The van der Waals surface area contributed by atoms with E-state index in [0.29, 0.717) is 0 Å². The Morgan fingerprint density at radius 1 is 0.962 bits per heavy atom. The number of nitrogens with one attached hydrogen (secondary N) is 1. The Morgan fingerprint density at radius 3 is 2.23 bits per heavy atom. The Morgan fingerprint density at radius 2 is 1.62 bits per heavy atom. The molecule has 3 aromatic rings. The molecular formula is C23H31N3. The van der Waals surface area contributed by atoms with Crippen molar-refractivity contribution >= 4 is 11.5 Å². The van der Waals surface area contributed by atoms with Crippen LogP contribution in [0.2, 0.25) is 0 Å². The number of imidazole rings is 1. The quantitative estimate of drug-likeness (QED) is 0.603. The predicted octanol–water partition coefficient (Wildman–Crippen LogP) is 6.24. The zero-order valence-electron chi connectivity index (χ0n) is 17.1. The highest BCUT2D eigenvalue weighted by atomic mass is 15.2.